The normalized spacial score (nSPS) is 12.3. The zero-order chi connectivity index (χ0) is 9.26. The molecule has 0 aliphatic carbocycles. The topological polar surface area (TPSA) is 64.7 Å². The lowest BCUT2D eigenvalue weighted by atomic mass is 10.1. The second kappa shape index (κ2) is 4.11. The lowest BCUT2D eigenvalue weighted by Crippen LogP contribution is -2.14. The molecular weight excluding hydrogens is 204 g/mol. The van der Waals surface area contributed by atoms with E-state index < -0.39 is 5.91 Å². The number of carbonyl (C=O) groups is 1. The van der Waals surface area contributed by atoms with E-state index >= 15 is 0 Å². The maximum absolute atomic E-state index is 11.0. The number of ether oxygens (including phenoxy) is 1. The molecule has 0 fully saturated rings. The molecule has 1 heterocycles. The number of hydrogen-bond donors (Lipinski definition) is 1. The Hall–Kier alpha value is -1.55. The summed E-state index contributed by atoms with van der Waals surface area (Å²) < 4.78 is 5.27. The quantitative estimate of drug-likeness (QED) is 0.767. The predicted molar refractivity (Wildman–Crippen MR) is 57.0 cm³/mol. The van der Waals surface area contributed by atoms with Crippen LogP contribution in [0.15, 0.2) is 23.2 Å². The standard InChI is InChI=1S/C9H8N2O2.ClH/c10-9(12)6-2-1-3-7-8(6)13-5-4-11-7;/h1-4H,5H2,(H2,10,12);1H/p+1. The van der Waals surface area contributed by atoms with E-state index in [4.69, 9.17) is 10.5 Å². The third kappa shape index (κ3) is 1.70. The van der Waals surface area contributed by atoms with Gasteiger partial charge in [-0.3, -0.25) is 9.79 Å². The number of nitrogens with zero attached hydrogens (tertiary/aromatic N) is 1. The van der Waals surface area contributed by atoms with Crippen molar-refractivity contribution in [2.24, 2.45) is 10.7 Å². The van der Waals surface area contributed by atoms with Crippen LogP contribution in [0.3, 0.4) is 0 Å². The summed E-state index contributed by atoms with van der Waals surface area (Å²) in [5.41, 5.74) is 6.21. The number of nitrogens with two attached hydrogens (primary N) is 1. The average Bonchev–Trinajstić information content (AvgIpc) is 2.17. The Balaban J connectivity index is 0.000000980. The highest BCUT2D eigenvalue weighted by Gasteiger charge is 2.14. The van der Waals surface area contributed by atoms with Crippen molar-refractivity contribution >= 4 is 30.2 Å². The van der Waals surface area contributed by atoms with Crippen molar-refractivity contribution in [1.82, 2.24) is 0 Å². The average molecular weight is 214 g/mol. The Kier molecular flexibility index (Phi) is 3.09. The van der Waals surface area contributed by atoms with Crippen LogP contribution in [0.1, 0.15) is 11.8 Å². The van der Waals surface area contributed by atoms with Crippen LogP contribution in [-0.2, 0) is 0 Å². The largest absolute Gasteiger partial charge is 1.00 e. The Bertz CT molecular complexity index is 396. The van der Waals surface area contributed by atoms with Crippen LogP contribution in [0, 0.1) is 0 Å². The summed E-state index contributed by atoms with van der Waals surface area (Å²) in [6.07, 6.45) is 1.65. The summed E-state index contributed by atoms with van der Waals surface area (Å²) in [6, 6.07) is 5.13. The zero-order valence-corrected chi connectivity index (χ0v) is 8.08. The maximum atomic E-state index is 11.0. The summed E-state index contributed by atoms with van der Waals surface area (Å²) in [6.45, 7) is 0.386. The van der Waals surface area contributed by atoms with E-state index in [1.165, 1.54) is 0 Å². The molecule has 2 N–H and O–H groups in total. The van der Waals surface area contributed by atoms with E-state index in [1.807, 2.05) is 0 Å². The van der Waals surface area contributed by atoms with Crippen LogP contribution in [0.4, 0.5) is 5.69 Å². The third-order valence-electron chi connectivity index (χ3n) is 1.79. The van der Waals surface area contributed by atoms with Crippen molar-refractivity contribution in [3.63, 3.8) is 0 Å². The summed E-state index contributed by atoms with van der Waals surface area (Å²) in [5, 5.41) is 0. The lowest BCUT2D eigenvalue weighted by Gasteiger charge is -2.13. The first-order chi connectivity index (χ1) is 6.29. The molecule has 0 spiro atoms. The number of aliphatic imine (C=N–C) groups is 1. The summed E-state index contributed by atoms with van der Waals surface area (Å²) >= 11 is 0. The van der Waals surface area contributed by atoms with Gasteiger partial charge in [0, 0.05) is 6.21 Å². The number of carbonyl (C=O) groups excluding carboxylic acids is 1. The molecular formula is C9H10ClN2O2+. The van der Waals surface area contributed by atoms with E-state index in [1.54, 1.807) is 24.4 Å². The van der Waals surface area contributed by atoms with Gasteiger partial charge >= 0.3 is 1.43 Å². The van der Waals surface area contributed by atoms with Crippen molar-refractivity contribution in [2.45, 2.75) is 0 Å². The minimum Gasteiger partial charge on any atom is -0.485 e. The number of amides is 1. The highest BCUT2D eigenvalue weighted by Crippen LogP contribution is 2.32. The molecule has 0 aromatic heterocycles. The van der Waals surface area contributed by atoms with Crippen LogP contribution in [0.5, 0.6) is 5.75 Å². The Morgan fingerprint density at radius 2 is 2.36 bits per heavy atom. The number of fused-ring (bicyclic) bond motifs is 1. The lowest BCUT2D eigenvalue weighted by molar-refractivity contribution is 0.0997. The maximum Gasteiger partial charge on any atom is 1.00 e. The van der Waals surface area contributed by atoms with Gasteiger partial charge in [-0.15, -0.1) is 12.4 Å². The van der Waals surface area contributed by atoms with E-state index in [9.17, 15) is 4.79 Å². The second-order valence-electron chi connectivity index (χ2n) is 2.64. The molecule has 1 amide bonds. The molecule has 14 heavy (non-hydrogen) atoms. The Labute approximate surface area is 88.7 Å². The fourth-order valence-corrected chi connectivity index (χ4v) is 1.23. The van der Waals surface area contributed by atoms with E-state index in [0.29, 0.717) is 23.6 Å². The smallest absolute Gasteiger partial charge is 0.485 e. The third-order valence-corrected chi connectivity index (χ3v) is 1.79. The molecule has 1 aromatic rings. The van der Waals surface area contributed by atoms with Gasteiger partial charge in [-0.25, -0.2) is 0 Å². The molecule has 1 aliphatic rings. The van der Waals surface area contributed by atoms with Crippen molar-refractivity contribution in [2.75, 3.05) is 6.61 Å². The Morgan fingerprint density at radius 1 is 1.57 bits per heavy atom. The summed E-state index contributed by atoms with van der Waals surface area (Å²) in [5.74, 6) is -0.00792. The molecule has 0 saturated heterocycles. The first-order valence-corrected chi connectivity index (χ1v) is 3.87. The van der Waals surface area contributed by atoms with E-state index in [0.717, 1.165) is 0 Å². The molecule has 74 valence electrons. The highest BCUT2D eigenvalue weighted by atomic mass is 35.5. The van der Waals surface area contributed by atoms with E-state index in [2.05, 4.69) is 4.99 Å². The zero-order valence-electron chi connectivity index (χ0n) is 8.27. The van der Waals surface area contributed by atoms with Gasteiger partial charge in [0.2, 0.25) is 0 Å². The van der Waals surface area contributed by atoms with Gasteiger partial charge < -0.3 is 10.5 Å². The number of primary amides is 1. The monoisotopic (exact) mass is 213 g/mol. The molecule has 4 nitrogen and oxygen atoms in total. The molecule has 5 heteroatoms. The Morgan fingerprint density at radius 3 is 3.07 bits per heavy atom. The number of hydrogen-bond acceptors (Lipinski definition) is 3. The fraction of sp³-hybridized carbons (Fsp3) is 0.111. The van der Waals surface area contributed by atoms with Crippen LogP contribution in [0.25, 0.3) is 0 Å². The SMILES string of the molecule is Cl.NC(=O)c1cccc2c1OCC=N2.[H+]. The van der Waals surface area contributed by atoms with Gasteiger partial charge in [0.25, 0.3) is 5.91 Å². The molecule has 1 aliphatic heterocycles. The summed E-state index contributed by atoms with van der Waals surface area (Å²) in [7, 11) is 0. The van der Waals surface area contributed by atoms with Crippen molar-refractivity contribution in [3.05, 3.63) is 23.8 Å². The number of halogens is 1. The van der Waals surface area contributed by atoms with Crippen LogP contribution in [-0.4, -0.2) is 18.7 Å². The van der Waals surface area contributed by atoms with Crippen LogP contribution < -0.4 is 10.5 Å². The number of benzene rings is 1. The van der Waals surface area contributed by atoms with Crippen molar-refractivity contribution in [1.29, 1.82) is 0 Å². The van der Waals surface area contributed by atoms with Crippen LogP contribution in [0.2, 0.25) is 0 Å². The van der Waals surface area contributed by atoms with Gasteiger partial charge in [0.1, 0.15) is 12.3 Å². The second-order valence-corrected chi connectivity index (χ2v) is 2.64. The molecule has 2 rings (SSSR count). The molecule has 0 unspecified atom stereocenters. The first-order valence-electron chi connectivity index (χ1n) is 3.87. The van der Waals surface area contributed by atoms with Gasteiger partial charge in [-0.05, 0) is 12.1 Å². The van der Waals surface area contributed by atoms with Gasteiger partial charge in [-0.1, -0.05) is 6.07 Å². The minimum atomic E-state index is -0.492. The van der Waals surface area contributed by atoms with E-state index in [-0.39, 0.29) is 13.8 Å². The molecule has 0 radical (unpaired) electrons. The highest BCUT2D eigenvalue weighted by molar-refractivity contribution is 5.98. The molecule has 1 aromatic carbocycles. The number of rotatable bonds is 1. The molecule has 0 bridgehead atoms. The molecule has 0 saturated carbocycles. The van der Waals surface area contributed by atoms with Crippen molar-refractivity contribution in [3.8, 4) is 5.75 Å². The van der Waals surface area contributed by atoms with Crippen molar-refractivity contribution < 1.29 is 11.0 Å². The first kappa shape index (κ1) is 10.5. The minimum absolute atomic E-state index is 0. The summed E-state index contributed by atoms with van der Waals surface area (Å²) in [4.78, 5) is 15.0. The van der Waals surface area contributed by atoms with Gasteiger partial charge in [0.15, 0.2) is 5.75 Å². The van der Waals surface area contributed by atoms with Gasteiger partial charge in [0.05, 0.1) is 5.56 Å². The molecule has 0 atom stereocenters. The predicted octanol–water partition coefficient (Wildman–Crippen LogP) is 1.41. The fourth-order valence-electron chi connectivity index (χ4n) is 1.23. The van der Waals surface area contributed by atoms with Crippen LogP contribution >= 0.6 is 12.4 Å². The number of para-hydroxylation sites is 1. The van der Waals surface area contributed by atoms with Gasteiger partial charge in [-0.2, -0.15) is 0 Å².